The molecular formula is C13H13FN2O. The van der Waals surface area contributed by atoms with E-state index >= 15 is 0 Å². The number of carbonyl (C=O) groups excluding carboxylic acids is 1. The number of carbonyl (C=O) groups is 1. The van der Waals surface area contributed by atoms with E-state index < -0.39 is 11.9 Å². The molecule has 1 aromatic heterocycles. The average Bonchev–Trinajstić information content (AvgIpc) is 2.75. The predicted octanol–water partition coefficient (Wildman–Crippen LogP) is 2.77. The minimum Gasteiger partial charge on any atom is -0.292 e. The molecule has 1 heterocycles. The number of hydrogen-bond donors (Lipinski definition) is 0. The van der Waals surface area contributed by atoms with Crippen molar-refractivity contribution in [2.24, 2.45) is 0 Å². The molecule has 88 valence electrons. The van der Waals surface area contributed by atoms with Crippen LogP contribution in [0.4, 0.5) is 4.39 Å². The number of aryl methyl sites for hydroxylation is 1. The van der Waals surface area contributed by atoms with Gasteiger partial charge in [-0.15, -0.1) is 0 Å². The normalized spacial score (nSPS) is 12.4. The van der Waals surface area contributed by atoms with Gasteiger partial charge in [0.1, 0.15) is 6.04 Å². The summed E-state index contributed by atoms with van der Waals surface area (Å²) in [5, 5.41) is 3.80. The molecule has 1 aromatic carbocycles. The topological polar surface area (TPSA) is 34.9 Å². The lowest BCUT2D eigenvalue weighted by molar-refractivity contribution is 0.0928. The van der Waals surface area contributed by atoms with Gasteiger partial charge in [0.15, 0.2) is 11.6 Å². The first-order chi connectivity index (χ1) is 8.08. The molecule has 2 rings (SSSR count). The molecule has 0 aliphatic rings. The van der Waals surface area contributed by atoms with E-state index in [0.29, 0.717) is 5.56 Å². The number of benzene rings is 1. The molecule has 3 nitrogen and oxygen atoms in total. The van der Waals surface area contributed by atoms with Crippen molar-refractivity contribution in [2.75, 3.05) is 0 Å². The molecule has 0 bridgehead atoms. The summed E-state index contributed by atoms with van der Waals surface area (Å²) in [6, 6.07) is 6.80. The number of ketones is 1. The van der Waals surface area contributed by atoms with Crippen LogP contribution in [0.1, 0.15) is 28.9 Å². The van der Waals surface area contributed by atoms with Gasteiger partial charge < -0.3 is 0 Å². The lowest BCUT2D eigenvalue weighted by Gasteiger charge is -2.10. The van der Waals surface area contributed by atoms with Crippen LogP contribution in [0.25, 0.3) is 0 Å². The molecule has 1 atom stereocenters. The molecular weight excluding hydrogens is 219 g/mol. The maximum absolute atomic E-state index is 12.8. The number of Topliss-reactive ketones (excluding diaryl/α,β-unsaturated/α-hetero) is 1. The maximum atomic E-state index is 12.8. The Kier molecular flexibility index (Phi) is 3.04. The highest BCUT2D eigenvalue weighted by Gasteiger charge is 2.17. The number of halogens is 1. The molecule has 0 N–H and O–H groups in total. The van der Waals surface area contributed by atoms with Crippen LogP contribution in [0.5, 0.6) is 0 Å². The van der Waals surface area contributed by atoms with Gasteiger partial charge in [0.2, 0.25) is 0 Å². The molecule has 0 amide bonds. The van der Waals surface area contributed by atoms with Crippen LogP contribution in [0.3, 0.4) is 0 Å². The van der Waals surface area contributed by atoms with Crippen molar-refractivity contribution in [3.05, 3.63) is 53.6 Å². The van der Waals surface area contributed by atoms with Gasteiger partial charge in [-0.2, -0.15) is 5.10 Å². The first kappa shape index (κ1) is 11.5. The SMILES string of the molecule is Cc1ccc(C(=O)[C@H](C)n2cc(F)cn2)cc1. The minimum atomic E-state index is -0.498. The molecule has 0 radical (unpaired) electrons. The first-order valence-corrected chi connectivity index (χ1v) is 5.38. The second kappa shape index (κ2) is 4.49. The van der Waals surface area contributed by atoms with Crippen molar-refractivity contribution in [1.29, 1.82) is 0 Å². The van der Waals surface area contributed by atoms with E-state index in [2.05, 4.69) is 5.10 Å². The molecule has 0 saturated heterocycles. The summed E-state index contributed by atoms with van der Waals surface area (Å²) in [5.41, 5.74) is 1.71. The van der Waals surface area contributed by atoms with Crippen molar-refractivity contribution in [2.45, 2.75) is 19.9 Å². The van der Waals surface area contributed by atoms with Crippen LogP contribution in [0.2, 0.25) is 0 Å². The second-order valence-electron chi connectivity index (χ2n) is 4.04. The van der Waals surface area contributed by atoms with E-state index in [1.165, 1.54) is 10.9 Å². The molecule has 0 spiro atoms. The van der Waals surface area contributed by atoms with Gasteiger partial charge in [0, 0.05) is 5.56 Å². The second-order valence-corrected chi connectivity index (χ2v) is 4.04. The Bertz CT molecular complexity index is 531. The van der Waals surface area contributed by atoms with E-state index in [4.69, 9.17) is 0 Å². The van der Waals surface area contributed by atoms with Crippen LogP contribution >= 0.6 is 0 Å². The smallest absolute Gasteiger partial charge is 0.187 e. The number of rotatable bonds is 3. The van der Waals surface area contributed by atoms with Crippen molar-refractivity contribution in [3.63, 3.8) is 0 Å². The Balaban J connectivity index is 2.23. The molecule has 0 aliphatic carbocycles. The highest BCUT2D eigenvalue weighted by molar-refractivity contribution is 5.98. The summed E-state index contributed by atoms with van der Waals surface area (Å²) < 4.78 is 14.1. The van der Waals surface area contributed by atoms with Gasteiger partial charge in [-0.3, -0.25) is 9.48 Å². The minimum absolute atomic E-state index is 0.0758. The zero-order valence-corrected chi connectivity index (χ0v) is 9.72. The monoisotopic (exact) mass is 232 g/mol. The summed E-state index contributed by atoms with van der Waals surface area (Å²) in [6.07, 6.45) is 2.32. The summed E-state index contributed by atoms with van der Waals surface area (Å²) in [5.74, 6) is -0.512. The third-order valence-electron chi connectivity index (χ3n) is 2.68. The van der Waals surface area contributed by atoms with Gasteiger partial charge >= 0.3 is 0 Å². The van der Waals surface area contributed by atoms with Crippen LogP contribution in [0, 0.1) is 12.7 Å². The van der Waals surface area contributed by atoms with Gasteiger partial charge in [0.05, 0.1) is 12.4 Å². The van der Waals surface area contributed by atoms with Crippen LogP contribution < -0.4 is 0 Å². The molecule has 2 aromatic rings. The maximum Gasteiger partial charge on any atom is 0.187 e. The van der Waals surface area contributed by atoms with Crippen LogP contribution in [0.15, 0.2) is 36.7 Å². The number of hydrogen-bond acceptors (Lipinski definition) is 2. The summed E-state index contributed by atoms with van der Waals surface area (Å²) in [4.78, 5) is 12.1. The fourth-order valence-corrected chi connectivity index (χ4v) is 1.61. The van der Waals surface area contributed by atoms with E-state index in [0.717, 1.165) is 11.8 Å². The zero-order valence-electron chi connectivity index (χ0n) is 9.72. The lowest BCUT2D eigenvalue weighted by Crippen LogP contribution is -2.17. The zero-order chi connectivity index (χ0) is 12.4. The van der Waals surface area contributed by atoms with Crippen LogP contribution in [-0.2, 0) is 0 Å². The van der Waals surface area contributed by atoms with Crippen molar-refractivity contribution >= 4 is 5.78 Å². The fraction of sp³-hybridized carbons (Fsp3) is 0.231. The Labute approximate surface area is 98.9 Å². The van der Waals surface area contributed by atoms with Gasteiger partial charge in [0.25, 0.3) is 0 Å². The third-order valence-corrected chi connectivity index (χ3v) is 2.68. The molecule has 17 heavy (non-hydrogen) atoms. The van der Waals surface area contributed by atoms with E-state index in [1.54, 1.807) is 19.1 Å². The van der Waals surface area contributed by atoms with Crippen molar-refractivity contribution in [3.8, 4) is 0 Å². The Morgan fingerprint density at radius 3 is 2.53 bits per heavy atom. The standard InChI is InChI=1S/C13H13FN2O/c1-9-3-5-11(6-4-9)13(17)10(2)16-8-12(14)7-15-16/h3-8,10H,1-2H3/t10-/m0/s1. The molecule has 0 saturated carbocycles. The molecule has 0 aliphatic heterocycles. The first-order valence-electron chi connectivity index (χ1n) is 5.38. The van der Waals surface area contributed by atoms with E-state index in [9.17, 15) is 9.18 Å². The lowest BCUT2D eigenvalue weighted by atomic mass is 10.0. The summed E-state index contributed by atoms with van der Waals surface area (Å²) >= 11 is 0. The predicted molar refractivity (Wildman–Crippen MR) is 62.4 cm³/mol. The van der Waals surface area contributed by atoms with Crippen molar-refractivity contribution < 1.29 is 9.18 Å². The number of aromatic nitrogens is 2. The molecule has 0 unspecified atom stereocenters. The highest BCUT2D eigenvalue weighted by Crippen LogP contribution is 2.14. The Morgan fingerprint density at radius 2 is 2.00 bits per heavy atom. The van der Waals surface area contributed by atoms with E-state index in [1.807, 2.05) is 19.1 Å². The van der Waals surface area contributed by atoms with Gasteiger partial charge in [-0.05, 0) is 13.8 Å². The van der Waals surface area contributed by atoms with Crippen molar-refractivity contribution in [1.82, 2.24) is 9.78 Å². The Morgan fingerprint density at radius 1 is 1.35 bits per heavy atom. The summed E-state index contributed by atoms with van der Waals surface area (Å²) in [7, 11) is 0. The number of nitrogens with zero attached hydrogens (tertiary/aromatic N) is 2. The molecule has 4 heteroatoms. The average molecular weight is 232 g/mol. The Hall–Kier alpha value is -1.97. The van der Waals surface area contributed by atoms with E-state index in [-0.39, 0.29) is 5.78 Å². The highest BCUT2D eigenvalue weighted by atomic mass is 19.1. The molecule has 0 fully saturated rings. The quantitative estimate of drug-likeness (QED) is 0.763. The van der Waals surface area contributed by atoms with Crippen LogP contribution in [-0.4, -0.2) is 15.6 Å². The largest absolute Gasteiger partial charge is 0.292 e. The third kappa shape index (κ3) is 2.41. The fourth-order valence-electron chi connectivity index (χ4n) is 1.61. The van der Waals surface area contributed by atoms with Gasteiger partial charge in [-0.25, -0.2) is 4.39 Å². The summed E-state index contributed by atoms with van der Waals surface area (Å²) in [6.45, 7) is 3.66. The van der Waals surface area contributed by atoms with Gasteiger partial charge in [-0.1, -0.05) is 29.8 Å².